The number of carbonyl (C=O) groups excluding carboxylic acids is 2. The Hall–Kier alpha value is -3.70. The van der Waals surface area contributed by atoms with Crippen LogP contribution in [0.5, 0.6) is 0 Å². The largest absolute Gasteiger partial charge is 0.452 e. The highest BCUT2D eigenvalue weighted by molar-refractivity contribution is 6.32. The predicted octanol–water partition coefficient (Wildman–Crippen LogP) is 2.59. The van der Waals surface area contributed by atoms with Crippen LogP contribution in [0.2, 0.25) is 5.15 Å². The summed E-state index contributed by atoms with van der Waals surface area (Å²) >= 11 is 5.82. The SMILES string of the molecule is N#Cc1cnn(-c2ccccc2)c1NC(=O)COC(=O)c1cccnc1Cl. The summed E-state index contributed by atoms with van der Waals surface area (Å²) in [6.07, 6.45) is 2.77. The van der Waals surface area contributed by atoms with E-state index < -0.39 is 18.5 Å². The van der Waals surface area contributed by atoms with Gasteiger partial charge in [0.25, 0.3) is 5.91 Å². The molecule has 1 N–H and O–H groups in total. The molecule has 8 nitrogen and oxygen atoms in total. The van der Waals surface area contributed by atoms with E-state index in [1.54, 1.807) is 24.3 Å². The Morgan fingerprint density at radius 2 is 2.00 bits per heavy atom. The fourth-order valence-corrected chi connectivity index (χ4v) is 2.43. The number of nitrogens with one attached hydrogen (secondary N) is 1. The summed E-state index contributed by atoms with van der Waals surface area (Å²) in [5.74, 6) is -1.22. The molecule has 9 heteroatoms. The van der Waals surface area contributed by atoms with Gasteiger partial charge in [0.2, 0.25) is 0 Å². The lowest BCUT2D eigenvalue weighted by Crippen LogP contribution is -2.23. The number of pyridine rings is 1. The third-order valence-corrected chi connectivity index (χ3v) is 3.76. The molecule has 1 aromatic carbocycles. The molecule has 0 aliphatic heterocycles. The first-order valence-corrected chi connectivity index (χ1v) is 8.09. The maximum absolute atomic E-state index is 12.2. The van der Waals surface area contributed by atoms with Crippen LogP contribution in [0.3, 0.4) is 0 Å². The average Bonchev–Trinajstić information content (AvgIpc) is 3.09. The van der Waals surface area contributed by atoms with E-state index in [1.165, 1.54) is 29.2 Å². The van der Waals surface area contributed by atoms with Gasteiger partial charge in [-0.05, 0) is 24.3 Å². The smallest absolute Gasteiger partial charge is 0.341 e. The van der Waals surface area contributed by atoms with Gasteiger partial charge >= 0.3 is 5.97 Å². The lowest BCUT2D eigenvalue weighted by molar-refractivity contribution is -0.119. The number of nitriles is 1. The van der Waals surface area contributed by atoms with Gasteiger partial charge in [-0.3, -0.25) is 4.79 Å². The van der Waals surface area contributed by atoms with Crippen molar-refractivity contribution in [2.75, 3.05) is 11.9 Å². The second-order valence-electron chi connectivity index (χ2n) is 5.23. The highest BCUT2D eigenvalue weighted by Crippen LogP contribution is 2.19. The summed E-state index contributed by atoms with van der Waals surface area (Å²) in [6, 6.07) is 13.9. The first kappa shape index (κ1) is 18.1. The molecule has 0 radical (unpaired) electrons. The van der Waals surface area contributed by atoms with Crippen LogP contribution in [0.15, 0.2) is 54.9 Å². The molecule has 134 valence electrons. The first-order valence-electron chi connectivity index (χ1n) is 7.71. The number of halogens is 1. The van der Waals surface area contributed by atoms with Crippen LogP contribution in [0.1, 0.15) is 15.9 Å². The monoisotopic (exact) mass is 381 g/mol. The fraction of sp³-hybridized carbons (Fsp3) is 0.0556. The normalized spacial score (nSPS) is 10.1. The van der Waals surface area contributed by atoms with Crippen LogP contribution in [-0.2, 0) is 9.53 Å². The van der Waals surface area contributed by atoms with Crippen molar-refractivity contribution in [1.82, 2.24) is 14.8 Å². The first-order chi connectivity index (χ1) is 13.1. The van der Waals surface area contributed by atoms with Crippen LogP contribution >= 0.6 is 11.6 Å². The minimum absolute atomic E-state index is 0.0168. The predicted molar refractivity (Wildman–Crippen MR) is 96.4 cm³/mol. The number of benzene rings is 1. The quantitative estimate of drug-likeness (QED) is 0.537. The van der Waals surface area contributed by atoms with Crippen molar-refractivity contribution in [1.29, 1.82) is 5.26 Å². The van der Waals surface area contributed by atoms with E-state index in [9.17, 15) is 14.9 Å². The van der Waals surface area contributed by atoms with Crippen molar-refractivity contribution in [2.45, 2.75) is 0 Å². The Kier molecular flexibility index (Phi) is 5.44. The van der Waals surface area contributed by atoms with E-state index in [-0.39, 0.29) is 22.1 Å². The van der Waals surface area contributed by atoms with Gasteiger partial charge < -0.3 is 10.1 Å². The number of carbonyl (C=O) groups is 2. The molecule has 0 aliphatic rings. The summed E-state index contributed by atoms with van der Waals surface area (Å²) in [7, 11) is 0. The number of amides is 1. The van der Waals surface area contributed by atoms with Crippen molar-refractivity contribution in [3.8, 4) is 11.8 Å². The third kappa shape index (κ3) is 4.11. The summed E-state index contributed by atoms with van der Waals surface area (Å²) in [5.41, 5.74) is 0.890. The van der Waals surface area contributed by atoms with Gasteiger partial charge in [0.15, 0.2) is 12.4 Å². The minimum Gasteiger partial charge on any atom is -0.452 e. The van der Waals surface area contributed by atoms with Crippen molar-refractivity contribution >= 4 is 29.3 Å². The van der Waals surface area contributed by atoms with Gasteiger partial charge in [-0.25, -0.2) is 14.5 Å². The maximum atomic E-state index is 12.2. The summed E-state index contributed by atoms with van der Waals surface area (Å²) in [4.78, 5) is 28.0. The molecule has 0 atom stereocenters. The number of para-hydroxylation sites is 1. The molecule has 0 bridgehead atoms. The number of aromatic nitrogens is 3. The molecule has 0 fully saturated rings. The van der Waals surface area contributed by atoms with E-state index in [4.69, 9.17) is 16.3 Å². The molecule has 2 heterocycles. The van der Waals surface area contributed by atoms with E-state index in [1.807, 2.05) is 12.1 Å². The lowest BCUT2D eigenvalue weighted by atomic mass is 10.3. The fourth-order valence-electron chi connectivity index (χ4n) is 2.23. The van der Waals surface area contributed by atoms with E-state index >= 15 is 0 Å². The molecule has 0 aliphatic carbocycles. The van der Waals surface area contributed by atoms with Gasteiger partial charge in [0.05, 0.1) is 17.4 Å². The van der Waals surface area contributed by atoms with Crippen LogP contribution in [0.25, 0.3) is 5.69 Å². The lowest BCUT2D eigenvalue weighted by Gasteiger charge is -2.10. The highest BCUT2D eigenvalue weighted by atomic mass is 35.5. The molecule has 3 rings (SSSR count). The third-order valence-electron chi connectivity index (χ3n) is 3.46. The van der Waals surface area contributed by atoms with Gasteiger partial charge in [0, 0.05) is 6.20 Å². The number of nitrogens with zero attached hydrogens (tertiary/aromatic N) is 4. The number of hydrogen-bond acceptors (Lipinski definition) is 6. The molecule has 0 spiro atoms. The van der Waals surface area contributed by atoms with Gasteiger partial charge in [-0.15, -0.1) is 0 Å². The molecular formula is C18H12ClN5O3. The van der Waals surface area contributed by atoms with E-state index in [0.29, 0.717) is 5.69 Å². The second-order valence-corrected chi connectivity index (χ2v) is 5.59. The Morgan fingerprint density at radius 1 is 1.22 bits per heavy atom. The zero-order chi connectivity index (χ0) is 19.2. The van der Waals surface area contributed by atoms with Gasteiger partial charge in [0.1, 0.15) is 16.8 Å². The maximum Gasteiger partial charge on any atom is 0.341 e. The molecule has 1 amide bonds. The molecule has 0 unspecified atom stereocenters. The summed E-state index contributed by atoms with van der Waals surface area (Å²) in [6.45, 7) is -0.561. The van der Waals surface area contributed by atoms with Gasteiger partial charge in [-0.2, -0.15) is 10.4 Å². The van der Waals surface area contributed by atoms with Crippen LogP contribution in [0.4, 0.5) is 5.82 Å². The molecule has 3 aromatic rings. The molecule has 0 saturated heterocycles. The minimum atomic E-state index is -0.777. The number of esters is 1. The van der Waals surface area contributed by atoms with E-state index in [0.717, 1.165) is 0 Å². The summed E-state index contributed by atoms with van der Waals surface area (Å²) < 4.78 is 6.36. The topological polar surface area (TPSA) is 110 Å². The zero-order valence-electron chi connectivity index (χ0n) is 13.8. The molecule has 0 saturated carbocycles. The number of hydrogen-bond donors (Lipinski definition) is 1. The molecule has 27 heavy (non-hydrogen) atoms. The average molecular weight is 382 g/mol. The Balaban J connectivity index is 1.71. The number of anilines is 1. The van der Waals surface area contributed by atoms with E-state index in [2.05, 4.69) is 15.4 Å². The number of ether oxygens (including phenoxy) is 1. The van der Waals surface area contributed by atoms with Crippen molar-refractivity contribution in [2.24, 2.45) is 0 Å². The highest BCUT2D eigenvalue weighted by Gasteiger charge is 2.18. The van der Waals surface area contributed by atoms with Crippen molar-refractivity contribution in [3.05, 3.63) is 71.1 Å². The standard InChI is InChI=1S/C18H12ClN5O3/c19-16-14(7-4-8-21-16)18(26)27-11-15(25)23-17-12(9-20)10-22-24(17)13-5-2-1-3-6-13/h1-8,10H,11H2,(H,23,25). The van der Waals surface area contributed by atoms with Crippen LogP contribution < -0.4 is 5.32 Å². The van der Waals surface area contributed by atoms with Crippen LogP contribution in [0, 0.1) is 11.3 Å². The van der Waals surface area contributed by atoms with Crippen LogP contribution in [-0.4, -0.2) is 33.2 Å². The Bertz CT molecular complexity index is 1030. The zero-order valence-corrected chi connectivity index (χ0v) is 14.6. The van der Waals surface area contributed by atoms with Crippen molar-refractivity contribution < 1.29 is 14.3 Å². The van der Waals surface area contributed by atoms with Gasteiger partial charge in [-0.1, -0.05) is 29.8 Å². The van der Waals surface area contributed by atoms with Crippen molar-refractivity contribution in [3.63, 3.8) is 0 Å². The Labute approximate surface area is 159 Å². The second kappa shape index (κ2) is 8.12. The molecular weight excluding hydrogens is 370 g/mol. The Morgan fingerprint density at radius 3 is 2.70 bits per heavy atom. The summed E-state index contributed by atoms with van der Waals surface area (Å²) in [5, 5.41) is 15.9. The molecule has 2 aromatic heterocycles. The number of rotatable bonds is 5.